The molecule has 0 aliphatic carbocycles. The van der Waals surface area contributed by atoms with Gasteiger partial charge >= 0.3 is 0 Å². The Labute approximate surface area is 220 Å². The van der Waals surface area contributed by atoms with Gasteiger partial charge < -0.3 is 20.0 Å². The van der Waals surface area contributed by atoms with Gasteiger partial charge in [-0.3, -0.25) is 15.4 Å². The molecule has 0 amide bonds. The summed E-state index contributed by atoms with van der Waals surface area (Å²) in [5.74, 6) is 0.282. The monoisotopic (exact) mass is 538 g/mol. The third kappa shape index (κ3) is 5.00. The van der Waals surface area contributed by atoms with Gasteiger partial charge in [0.25, 0.3) is 0 Å². The summed E-state index contributed by atoms with van der Waals surface area (Å²) in [6, 6.07) is 3.47. The van der Waals surface area contributed by atoms with Crippen molar-refractivity contribution < 1.29 is 15.0 Å². The van der Waals surface area contributed by atoms with E-state index in [-0.39, 0.29) is 40.0 Å². The predicted molar refractivity (Wildman–Crippen MR) is 137 cm³/mol. The summed E-state index contributed by atoms with van der Waals surface area (Å²) < 4.78 is 0. The van der Waals surface area contributed by atoms with E-state index in [1.54, 1.807) is 12.1 Å². The number of ketones is 1. The van der Waals surface area contributed by atoms with Gasteiger partial charge in [0.1, 0.15) is 24.8 Å². The zero-order valence-electron chi connectivity index (χ0n) is 21.1. The summed E-state index contributed by atoms with van der Waals surface area (Å²) in [6.07, 6.45) is -3.94. The second-order valence-corrected chi connectivity index (χ2v) is 11.8. The zero-order valence-corrected chi connectivity index (χ0v) is 22.6. The van der Waals surface area contributed by atoms with Crippen LogP contribution in [-0.2, 0) is 15.6 Å². The van der Waals surface area contributed by atoms with E-state index in [0.717, 1.165) is 11.1 Å². The Morgan fingerprint density at radius 2 is 1.17 bits per heavy atom. The van der Waals surface area contributed by atoms with E-state index in [9.17, 15) is 15.0 Å². The van der Waals surface area contributed by atoms with Crippen LogP contribution in [0.5, 0.6) is 0 Å². The number of carbonyl (C=O) groups excluding carboxylic acids is 1. The van der Waals surface area contributed by atoms with Gasteiger partial charge in [0.15, 0.2) is 21.9 Å². The summed E-state index contributed by atoms with van der Waals surface area (Å²) in [4.78, 5) is 16.8. The third-order valence-corrected chi connectivity index (χ3v) is 6.90. The van der Waals surface area contributed by atoms with Crippen LogP contribution in [0.2, 0.25) is 10.3 Å². The molecule has 0 bridgehead atoms. The molecule has 0 radical (unpaired) electrons. The molecule has 2 aromatic rings. The lowest BCUT2D eigenvalue weighted by molar-refractivity contribution is -0.122. The molecule has 0 saturated carbocycles. The Kier molecular flexibility index (Phi) is 7.19. The minimum Gasteiger partial charge on any atom is -0.372 e. The molecular formula is C23H32Cl2N8O3. The fourth-order valence-corrected chi connectivity index (χ4v) is 5.16. The summed E-state index contributed by atoms with van der Waals surface area (Å²) in [6.45, 7) is 12.2. The number of hydrogen-bond acceptors (Lipinski definition) is 11. The van der Waals surface area contributed by atoms with Crippen LogP contribution < -0.4 is 20.4 Å². The Bertz CT molecular complexity index is 1070. The molecule has 13 heteroatoms. The van der Waals surface area contributed by atoms with Crippen molar-refractivity contribution in [2.24, 2.45) is 0 Å². The molecule has 196 valence electrons. The molecule has 4 rings (SSSR count). The first kappa shape index (κ1) is 26.9. The Morgan fingerprint density at radius 3 is 1.50 bits per heavy atom. The van der Waals surface area contributed by atoms with Gasteiger partial charge in [-0.2, -0.15) is 0 Å². The van der Waals surface area contributed by atoms with Gasteiger partial charge in [-0.05, 0) is 23.0 Å². The fraction of sp³-hybridized carbons (Fsp3) is 0.609. The molecule has 2 aromatic heterocycles. The quantitative estimate of drug-likeness (QED) is 0.450. The lowest BCUT2D eigenvalue weighted by Gasteiger charge is -2.33. The number of carbonyl (C=O) groups is 1. The van der Waals surface area contributed by atoms with E-state index in [4.69, 9.17) is 23.2 Å². The average Bonchev–Trinajstić information content (AvgIpc) is 3.35. The normalized spacial score (nSPS) is 25.1. The molecule has 2 aliphatic rings. The minimum atomic E-state index is -1.02. The van der Waals surface area contributed by atoms with Crippen LogP contribution in [0.25, 0.3) is 0 Å². The van der Waals surface area contributed by atoms with Crippen LogP contribution in [0.15, 0.2) is 12.1 Å². The number of rotatable bonds is 4. The second kappa shape index (κ2) is 9.62. The van der Waals surface area contributed by atoms with E-state index in [1.807, 2.05) is 41.5 Å². The average molecular weight is 539 g/mol. The molecule has 0 spiro atoms. The van der Waals surface area contributed by atoms with E-state index >= 15 is 0 Å². The molecule has 11 nitrogen and oxygen atoms in total. The van der Waals surface area contributed by atoms with Crippen molar-refractivity contribution in [2.45, 2.75) is 77.2 Å². The number of aliphatic hydroxyl groups is 2. The maximum Gasteiger partial charge on any atom is 0.207 e. The summed E-state index contributed by atoms with van der Waals surface area (Å²) >= 11 is 12.6. The number of aliphatic hydroxyl groups excluding tert-OH is 2. The molecule has 36 heavy (non-hydrogen) atoms. The molecule has 4 unspecified atom stereocenters. The molecule has 2 aliphatic heterocycles. The Morgan fingerprint density at radius 1 is 0.806 bits per heavy atom. The van der Waals surface area contributed by atoms with Gasteiger partial charge in [0.05, 0.1) is 0 Å². The Hall–Kier alpha value is -2.15. The first-order chi connectivity index (χ1) is 16.7. The topological polar surface area (TPSA) is 140 Å². The molecule has 2 saturated heterocycles. The maximum absolute atomic E-state index is 13.8. The van der Waals surface area contributed by atoms with Crippen molar-refractivity contribution in [1.82, 2.24) is 31.0 Å². The first-order valence-corrected chi connectivity index (χ1v) is 12.5. The number of hydrogen-bond donors (Lipinski definition) is 4. The summed E-state index contributed by atoms with van der Waals surface area (Å²) in [5.41, 5.74) is 0.819. The van der Waals surface area contributed by atoms with Crippen LogP contribution in [0.3, 0.4) is 0 Å². The van der Waals surface area contributed by atoms with Crippen molar-refractivity contribution >= 4 is 40.6 Å². The highest BCUT2D eigenvalue weighted by molar-refractivity contribution is 6.30. The van der Waals surface area contributed by atoms with Crippen molar-refractivity contribution in [3.05, 3.63) is 33.6 Å². The predicted octanol–water partition coefficient (Wildman–Crippen LogP) is 1.55. The summed E-state index contributed by atoms with van der Waals surface area (Å²) in [7, 11) is 0. The van der Waals surface area contributed by atoms with Gasteiger partial charge in [-0.15, -0.1) is 20.4 Å². The SMILES string of the molecule is CC(C)(C)c1cc(N2C(O)CNC2C(=O)C2NCC(O)N2c2cc(C(C)(C)C)c(Cl)nn2)nnc1Cl. The molecule has 2 fully saturated rings. The maximum atomic E-state index is 13.8. The van der Waals surface area contributed by atoms with Crippen LogP contribution in [0.4, 0.5) is 11.6 Å². The lowest BCUT2D eigenvalue weighted by atomic mass is 9.88. The van der Waals surface area contributed by atoms with Gasteiger partial charge in [0.2, 0.25) is 5.78 Å². The molecule has 4 atom stereocenters. The van der Waals surface area contributed by atoms with Gasteiger partial charge in [0, 0.05) is 24.2 Å². The zero-order chi connectivity index (χ0) is 26.6. The van der Waals surface area contributed by atoms with Gasteiger partial charge in [-0.25, -0.2) is 0 Å². The lowest BCUT2D eigenvalue weighted by Crippen LogP contribution is -2.56. The second-order valence-electron chi connectivity index (χ2n) is 11.1. The highest BCUT2D eigenvalue weighted by Crippen LogP contribution is 2.34. The largest absolute Gasteiger partial charge is 0.372 e. The summed E-state index contributed by atoms with van der Waals surface area (Å²) in [5, 5.41) is 44.6. The highest BCUT2D eigenvalue weighted by atomic mass is 35.5. The number of nitrogens with one attached hydrogen (secondary N) is 2. The van der Waals surface area contributed by atoms with E-state index in [1.165, 1.54) is 9.80 Å². The number of aromatic nitrogens is 4. The highest BCUT2D eigenvalue weighted by Gasteiger charge is 2.46. The van der Waals surface area contributed by atoms with Crippen LogP contribution in [0, 0.1) is 0 Å². The van der Waals surface area contributed by atoms with Crippen LogP contribution in [0.1, 0.15) is 52.7 Å². The van der Waals surface area contributed by atoms with E-state index < -0.39 is 24.8 Å². The molecule has 4 heterocycles. The molecular weight excluding hydrogens is 507 g/mol. The molecule has 4 N–H and O–H groups in total. The van der Waals surface area contributed by atoms with E-state index in [2.05, 4.69) is 31.0 Å². The number of anilines is 2. The number of β-amino-alcohol motifs (C(OH)–C–C–N with tert-alkyl or cyclic N) is 2. The van der Waals surface area contributed by atoms with Crippen molar-refractivity contribution in [3.8, 4) is 0 Å². The third-order valence-electron chi connectivity index (χ3n) is 6.34. The Balaban J connectivity index is 1.68. The van der Waals surface area contributed by atoms with E-state index in [0.29, 0.717) is 11.6 Å². The number of Topliss-reactive ketones (excluding diaryl/α,β-unsaturated/α-hetero) is 1. The fourth-order valence-electron chi connectivity index (χ4n) is 4.40. The number of nitrogens with zero attached hydrogens (tertiary/aromatic N) is 6. The van der Waals surface area contributed by atoms with Gasteiger partial charge in [-0.1, -0.05) is 64.7 Å². The standard InChI is InChI=1S/C23H32Cl2N8O3/c1-22(2,3)11-7-13(28-30-18(11)24)32-15(34)9-26-20(32)17(36)21-27-10-16(35)33(21)14-8-12(23(4,5)6)19(25)31-29-14/h7-8,15-16,20-21,26-27,34-35H,9-10H2,1-6H3. The van der Waals surface area contributed by atoms with Crippen LogP contribution >= 0.6 is 23.2 Å². The van der Waals surface area contributed by atoms with Crippen LogP contribution in [-0.4, -0.2) is 74.3 Å². The van der Waals surface area contributed by atoms with Crippen molar-refractivity contribution in [1.29, 1.82) is 0 Å². The first-order valence-electron chi connectivity index (χ1n) is 11.7. The number of halogens is 2. The molecule has 0 aromatic carbocycles. The smallest absolute Gasteiger partial charge is 0.207 e. The minimum absolute atomic E-state index is 0.135. The van der Waals surface area contributed by atoms with Crippen molar-refractivity contribution in [2.75, 3.05) is 22.9 Å². The van der Waals surface area contributed by atoms with Crippen molar-refractivity contribution in [3.63, 3.8) is 0 Å².